The van der Waals surface area contributed by atoms with Gasteiger partial charge in [-0.1, -0.05) is 41.9 Å². The van der Waals surface area contributed by atoms with Gasteiger partial charge in [-0.3, -0.25) is 4.68 Å². The van der Waals surface area contributed by atoms with E-state index in [4.69, 9.17) is 23.2 Å². The molecule has 0 amide bonds. The quantitative estimate of drug-likeness (QED) is 0.887. The van der Waals surface area contributed by atoms with Crippen LogP contribution in [-0.2, 0) is 13.6 Å². The molecule has 0 bridgehead atoms. The van der Waals surface area contributed by atoms with Crippen molar-refractivity contribution in [3.8, 4) is 0 Å². The second kappa shape index (κ2) is 6.85. The van der Waals surface area contributed by atoms with Crippen LogP contribution in [0, 0.1) is 6.92 Å². The molecular formula is C14H17Cl2N3S. The van der Waals surface area contributed by atoms with Crippen molar-refractivity contribution in [2.75, 3.05) is 6.54 Å². The summed E-state index contributed by atoms with van der Waals surface area (Å²) in [4.78, 5) is 0.944. The van der Waals surface area contributed by atoms with Crippen LogP contribution in [0.3, 0.4) is 0 Å². The van der Waals surface area contributed by atoms with Crippen LogP contribution >= 0.6 is 35.0 Å². The Labute approximate surface area is 133 Å². The summed E-state index contributed by atoms with van der Waals surface area (Å²) in [7, 11) is 1.95. The van der Waals surface area contributed by atoms with Crippen LogP contribution < -0.4 is 5.32 Å². The molecule has 1 N–H and O–H groups in total. The third-order valence-corrected chi connectivity index (χ3v) is 4.88. The van der Waals surface area contributed by atoms with Crippen LogP contribution in [0.25, 0.3) is 0 Å². The molecule has 0 atom stereocenters. The Morgan fingerprint density at radius 3 is 2.80 bits per heavy atom. The molecular weight excluding hydrogens is 313 g/mol. The molecule has 0 spiro atoms. The van der Waals surface area contributed by atoms with Gasteiger partial charge in [0.15, 0.2) is 0 Å². The Balaban J connectivity index is 2.35. The summed E-state index contributed by atoms with van der Waals surface area (Å²) >= 11 is 13.9. The average molecular weight is 330 g/mol. The minimum atomic E-state index is 0.684. The SMILES string of the molecule is CCNCc1c(C)nn(C)c1Sc1cc(Cl)ccc1Cl. The molecule has 1 aromatic carbocycles. The van der Waals surface area contributed by atoms with Gasteiger partial charge in [-0.05, 0) is 31.7 Å². The van der Waals surface area contributed by atoms with Crippen molar-refractivity contribution in [3.05, 3.63) is 39.5 Å². The van der Waals surface area contributed by atoms with Gasteiger partial charge in [-0.15, -0.1) is 0 Å². The second-order valence-corrected chi connectivity index (χ2v) is 6.32. The minimum absolute atomic E-state index is 0.684. The number of aromatic nitrogens is 2. The third kappa shape index (κ3) is 3.50. The summed E-state index contributed by atoms with van der Waals surface area (Å²) in [5.74, 6) is 0. The highest BCUT2D eigenvalue weighted by atomic mass is 35.5. The molecule has 0 saturated carbocycles. The summed E-state index contributed by atoms with van der Waals surface area (Å²) in [5, 5.41) is 10.3. The van der Waals surface area contributed by atoms with Gasteiger partial charge in [-0.2, -0.15) is 5.10 Å². The Morgan fingerprint density at radius 2 is 2.10 bits per heavy atom. The molecule has 20 heavy (non-hydrogen) atoms. The van der Waals surface area contributed by atoms with Crippen LogP contribution in [0.5, 0.6) is 0 Å². The zero-order valence-electron chi connectivity index (χ0n) is 11.7. The van der Waals surface area contributed by atoms with E-state index in [9.17, 15) is 0 Å². The maximum Gasteiger partial charge on any atom is 0.103 e. The van der Waals surface area contributed by atoms with Crippen LogP contribution in [0.2, 0.25) is 10.0 Å². The second-order valence-electron chi connectivity index (χ2n) is 4.45. The number of nitrogens with zero attached hydrogens (tertiary/aromatic N) is 2. The van der Waals surface area contributed by atoms with E-state index < -0.39 is 0 Å². The highest BCUT2D eigenvalue weighted by Gasteiger charge is 2.15. The lowest BCUT2D eigenvalue weighted by Gasteiger charge is -2.08. The molecule has 0 saturated heterocycles. The van der Waals surface area contributed by atoms with E-state index in [1.807, 2.05) is 30.8 Å². The predicted octanol–water partition coefficient (Wildman–Crippen LogP) is 4.30. The van der Waals surface area contributed by atoms with Crippen molar-refractivity contribution >= 4 is 35.0 Å². The largest absolute Gasteiger partial charge is 0.313 e. The number of hydrogen-bond donors (Lipinski definition) is 1. The van der Waals surface area contributed by atoms with Crippen molar-refractivity contribution < 1.29 is 0 Å². The fourth-order valence-electron chi connectivity index (χ4n) is 1.92. The standard InChI is InChI=1S/C14H17Cl2N3S/c1-4-17-8-11-9(2)18-19(3)14(11)20-13-7-10(15)5-6-12(13)16/h5-7,17H,4,8H2,1-3H3. The molecule has 0 aliphatic heterocycles. The fourth-order valence-corrected chi connectivity index (χ4v) is 3.47. The Bertz CT molecular complexity index is 611. The van der Waals surface area contributed by atoms with Crippen LogP contribution in [0.4, 0.5) is 0 Å². The summed E-state index contributed by atoms with van der Waals surface area (Å²) in [6.07, 6.45) is 0. The van der Waals surface area contributed by atoms with Crippen molar-refractivity contribution in [1.29, 1.82) is 0 Å². The third-order valence-electron chi connectivity index (χ3n) is 2.94. The molecule has 0 aliphatic rings. The van der Waals surface area contributed by atoms with E-state index in [2.05, 4.69) is 17.3 Å². The maximum atomic E-state index is 6.24. The summed E-state index contributed by atoms with van der Waals surface area (Å²) < 4.78 is 1.89. The summed E-state index contributed by atoms with van der Waals surface area (Å²) in [6, 6.07) is 5.50. The first-order valence-corrected chi connectivity index (χ1v) is 7.96. The van der Waals surface area contributed by atoms with Crippen LogP contribution in [-0.4, -0.2) is 16.3 Å². The molecule has 108 valence electrons. The fraction of sp³-hybridized carbons (Fsp3) is 0.357. The topological polar surface area (TPSA) is 29.9 Å². The van der Waals surface area contributed by atoms with Gasteiger partial charge in [0, 0.05) is 29.1 Å². The molecule has 2 rings (SSSR count). The van der Waals surface area contributed by atoms with Gasteiger partial charge in [0.1, 0.15) is 5.03 Å². The van der Waals surface area contributed by atoms with E-state index in [1.54, 1.807) is 17.8 Å². The summed E-state index contributed by atoms with van der Waals surface area (Å²) in [5.41, 5.74) is 2.24. The van der Waals surface area contributed by atoms with E-state index in [0.29, 0.717) is 10.0 Å². The Morgan fingerprint density at radius 1 is 1.35 bits per heavy atom. The minimum Gasteiger partial charge on any atom is -0.313 e. The first kappa shape index (κ1) is 15.7. The molecule has 1 heterocycles. The monoisotopic (exact) mass is 329 g/mol. The van der Waals surface area contributed by atoms with Crippen molar-refractivity contribution in [2.24, 2.45) is 7.05 Å². The zero-order chi connectivity index (χ0) is 14.7. The average Bonchev–Trinajstić information content (AvgIpc) is 2.66. The van der Waals surface area contributed by atoms with Crippen molar-refractivity contribution in [2.45, 2.75) is 30.3 Å². The highest BCUT2D eigenvalue weighted by molar-refractivity contribution is 7.99. The molecule has 0 radical (unpaired) electrons. The molecule has 2 aromatic rings. The first-order valence-electron chi connectivity index (χ1n) is 6.39. The van der Waals surface area contributed by atoms with Gasteiger partial charge in [-0.25, -0.2) is 0 Å². The number of rotatable bonds is 5. The number of halogens is 2. The molecule has 0 unspecified atom stereocenters. The molecule has 0 fully saturated rings. The molecule has 6 heteroatoms. The normalized spacial score (nSPS) is 11.1. The van der Waals surface area contributed by atoms with Crippen molar-refractivity contribution in [3.63, 3.8) is 0 Å². The lowest BCUT2D eigenvalue weighted by atomic mass is 10.2. The van der Waals surface area contributed by atoms with E-state index in [-0.39, 0.29) is 0 Å². The Hall–Kier alpha value is -0.680. The zero-order valence-corrected chi connectivity index (χ0v) is 14.0. The van der Waals surface area contributed by atoms with Crippen LogP contribution in [0.15, 0.2) is 28.1 Å². The number of benzene rings is 1. The van der Waals surface area contributed by atoms with Gasteiger partial charge >= 0.3 is 0 Å². The predicted molar refractivity (Wildman–Crippen MR) is 85.9 cm³/mol. The first-order chi connectivity index (χ1) is 9.52. The van der Waals surface area contributed by atoms with Crippen molar-refractivity contribution in [1.82, 2.24) is 15.1 Å². The van der Waals surface area contributed by atoms with Crippen LogP contribution in [0.1, 0.15) is 18.2 Å². The smallest absolute Gasteiger partial charge is 0.103 e. The number of aryl methyl sites for hydroxylation is 2. The van der Waals surface area contributed by atoms with E-state index in [0.717, 1.165) is 28.7 Å². The lowest BCUT2D eigenvalue weighted by molar-refractivity contribution is 0.674. The molecule has 0 aliphatic carbocycles. The van der Waals surface area contributed by atoms with Gasteiger partial charge in [0.05, 0.1) is 10.7 Å². The number of nitrogens with one attached hydrogen (secondary N) is 1. The molecule has 1 aromatic heterocycles. The van der Waals surface area contributed by atoms with Gasteiger partial charge < -0.3 is 5.32 Å². The van der Waals surface area contributed by atoms with E-state index >= 15 is 0 Å². The van der Waals surface area contributed by atoms with Gasteiger partial charge in [0.25, 0.3) is 0 Å². The molecule has 3 nitrogen and oxygen atoms in total. The van der Waals surface area contributed by atoms with Gasteiger partial charge in [0.2, 0.25) is 0 Å². The summed E-state index contributed by atoms with van der Waals surface area (Å²) in [6.45, 7) is 5.84. The Kier molecular flexibility index (Phi) is 5.38. The number of hydrogen-bond acceptors (Lipinski definition) is 3. The maximum absolute atomic E-state index is 6.24. The lowest BCUT2D eigenvalue weighted by Crippen LogP contribution is -2.12. The highest BCUT2D eigenvalue weighted by Crippen LogP contribution is 2.37. The van der Waals surface area contributed by atoms with E-state index in [1.165, 1.54) is 5.56 Å².